The van der Waals surface area contributed by atoms with Crippen molar-refractivity contribution in [3.05, 3.63) is 102 Å². The summed E-state index contributed by atoms with van der Waals surface area (Å²) in [5, 5.41) is 8.06. The van der Waals surface area contributed by atoms with Crippen LogP contribution in [0.2, 0.25) is 0 Å². The monoisotopic (exact) mass is 424 g/mol. The summed E-state index contributed by atoms with van der Waals surface area (Å²) in [7, 11) is 0. The Morgan fingerprint density at radius 2 is 1.59 bits per heavy atom. The molecule has 0 spiro atoms. The van der Waals surface area contributed by atoms with Crippen molar-refractivity contribution in [3.63, 3.8) is 0 Å². The van der Waals surface area contributed by atoms with E-state index in [1.807, 2.05) is 24.3 Å². The molecule has 4 aromatic rings. The maximum Gasteiger partial charge on any atom is 0.255 e. The molecule has 1 heterocycles. The average Bonchev–Trinajstić information content (AvgIpc) is 2.83. The summed E-state index contributed by atoms with van der Waals surface area (Å²) in [6.07, 6.45) is 2.68. The van der Waals surface area contributed by atoms with Gasteiger partial charge in [0.1, 0.15) is 5.82 Å². The van der Waals surface area contributed by atoms with Crippen molar-refractivity contribution in [2.45, 2.75) is 19.4 Å². The molecule has 32 heavy (non-hydrogen) atoms. The van der Waals surface area contributed by atoms with Crippen molar-refractivity contribution in [2.24, 2.45) is 0 Å². The average molecular weight is 425 g/mol. The first-order valence-corrected chi connectivity index (χ1v) is 10.4. The van der Waals surface area contributed by atoms with Gasteiger partial charge in [-0.05, 0) is 52.6 Å². The first-order valence-electron chi connectivity index (χ1n) is 10.4. The number of nitrogen functional groups attached to an aromatic ring is 1. The van der Waals surface area contributed by atoms with Crippen LogP contribution < -0.4 is 16.4 Å². The molecule has 0 atom stereocenters. The third-order valence-corrected chi connectivity index (χ3v) is 5.25. The molecule has 1 aromatic heterocycles. The van der Waals surface area contributed by atoms with Crippen LogP contribution in [0.5, 0.6) is 0 Å². The highest BCUT2D eigenvalue weighted by Gasteiger charge is 2.09. The molecule has 0 saturated carbocycles. The van der Waals surface area contributed by atoms with Gasteiger partial charge in [-0.15, -0.1) is 0 Å². The summed E-state index contributed by atoms with van der Waals surface area (Å²) >= 11 is 0. The topological polar surface area (TPSA) is 97.1 Å². The molecule has 0 unspecified atom stereocenters. The predicted octanol–water partition coefficient (Wildman–Crippen LogP) is 4.32. The molecule has 4 rings (SSSR count). The van der Waals surface area contributed by atoms with Crippen LogP contribution in [0.1, 0.15) is 27.9 Å². The summed E-state index contributed by atoms with van der Waals surface area (Å²) < 4.78 is 0. The number of carbonyl (C=O) groups is 2. The van der Waals surface area contributed by atoms with E-state index in [1.165, 1.54) is 10.8 Å². The number of fused-ring (bicyclic) bond motifs is 1. The highest BCUT2D eigenvalue weighted by Crippen LogP contribution is 2.17. The zero-order chi connectivity index (χ0) is 22.3. The molecule has 0 bridgehead atoms. The van der Waals surface area contributed by atoms with Crippen molar-refractivity contribution in [3.8, 4) is 0 Å². The van der Waals surface area contributed by atoms with E-state index in [0.29, 0.717) is 30.6 Å². The zero-order valence-corrected chi connectivity index (χ0v) is 17.5. The molecule has 6 nitrogen and oxygen atoms in total. The van der Waals surface area contributed by atoms with Gasteiger partial charge in [0.25, 0.3) is 5.91 Å². The van der Waals surface area contributed by atoms with E-state index in [4.69, 9.17) is 5.73 Å². The van der Waals surface area contributed by atoms with Crippen molar-refractivity contribution in [1.29, 1.82) is 0 Å². The Morgan fingerprint density at radius 1 is 0.844 bits per heavy atom. The summed E-state index contributed by atoms with van der Waals surface area (Å²) in [6.45, 7) is 0.411. The standard InChI is InChI=1S/C26H24N4O2/c27-25-23(6-3-15-28-25)30-26(32)21-12-8-19(9-13-21)17-29-24(31)14-10-18-7-11-20-4-1-2-5-22(20)16-18/h1-9,11-13,15-16H,10,14,17H2,(H2,27,28)(H,29,31)(H,30,32). The number of hydrogen-bond donors (Lipinski definition) is 3. The van der Waals surface area contributed by atoms with Gasteiger partial charge in [-0.25, -0.2) is 4.98 Å². The molecule has 160 valence electrons. The molecule has 2 amide bonds. The predicted molar refractivity (Wildman–Crippen MR) is 127 cm³/mol. The van der Waals surface area contributed by atoms with Crippen molar-refractivity contribution >= 4 is 34.1 Å². The fourth-order valence-corrected chi connectivity index (χ4v) is 3.43. The van der Waals surface area contributed by atoms with E-state index in [9.17, 15) is 9.59 Å². The molecule has 0 aliphatic heterocycles. The Bertz CT molecular complexity index is 1250. The molecular weight excluding hydrogens is 400 g/mol. The molecule has 0 fully saturated rings. The largest absolute Gasteiger partial charge is 0.382 e. The Kier molecular flexibility index (Phi) is 6.41. The highest BCUT2D eigenvalue weighted by atomic mass is 16.2. The number of anilines is 2. The molecule has 0 radical (unpaired) electrons. The van der Waals surface area contributed by atoms with Crippen molar-refractivity contribution in [2.75, 3.05) is 11.1 Å². The molecular formula is C26H24N4O2. The lowest BCUT2D eigenvalue weighted by atomic mass is 10.0. The minimum atomic E-state index is -0.268. The Hall–Kier alpha value is -4.19. The lowest BCUT2D eigenvalue weighted by molar-refractivity contribution is -0.121. The van der Waals surface area contributed by atoms with Gasteiger partial charge in [-0.1, -0.05) is 54.6 Å². The first-order chi connectivity index (χ1) is 15.6. The minimum Gasteiger partial charge on any atom is -0.382 e. The number of pyridine rings is 1. The number of aryl methyl sites for hydroxylation is 1. The van der Waals surface area contributed by atoms with E-state index >= 15 is 0 Å². The van der Waals surface area contributed by atoms with E-state index in [-0.39, 0.29) is 17.6 Å². The minimum absolute atomic E-state index is 0.00738. The summed E-state index contributed by atoms with van der Waals surface area (Å²) in [6, 6.07) is 25.0. The van der Waals surface area contributed by atoms with Gasteiger partial charge in [0.15, 0.2) is 0 Å². The lowest BCUT2D eigenvalue weighted by Crippen LogP contribution is -2.23. The van der Waals surface area contributed by atoms with E-state index in [1.54, 1.807) is 30.5 Å². The lowest BCUT2D eigenvalue weighted by Gasteiger charge is -2.09. The number of carbonyl (C=O) groups excluding carboxylic acids is 2. The first kappa shape index (κ1) is 21.1. The van der Waals surface area contributed by atoms with Crippen molar-refractivity contribution < 1.29 is 9.59 Å². The smallest absolute Gasteiger partial charge is 0.255 e. The normalized spacial score (nSPS) is 10.6. The van der Waals surface area contributed by atoms with Crippen LogP contribution in [-0.4, -0.2) is 16.8 Å². The number of nitrogens with one attached hydrogen (secondary N) is 2. The van der Waals surface area contributed by atoms with Gasteiger partial charge < -0.3 is 16.4 Å². The van der Waals surface area contributed by atoms with Crippen LogP contribution in [-0.2, 0) is 17.8 Å². The Labute approximate surface area is 186 Å². The number of aromatic nitrogens is 1. The van der Waals surface area contributed by atoms with Crippen LogP contribution >= 0.6 is 0 Å². The van der Waals surface area contributed by atoms with E-state index in [0.717, 1.165) is 11.1 Å². The Morgan fingerprint density at radius 3 is 2.38 bits per heavy atom. The fraction of sp³-hybridized carbons (Fsp3) is 0.115. The van der Waals surface area contributed by atoms with Crippen LogP contribution in [0, 0.1) is 0 Å². The number of rotatable bonds is 7. The molecule has 6 heteroatoms. The highest BCUT2D eigenvalue weighted by molar-refractivity contribution is 6.05. The van der Waals surface area contributed by atoms with Gasteiger partial charge in [-0.3, -0.25) is 9.59 Å². The van der Waals surface area contributed by atoms with Crippen LogP contribution in [0.4, 0.5) is 11.5 Å². The molecule has 0 aliphatic carbocycles. The van der Waals surface area contributed by atoms with Gasteiger partial charge in [0, 0.05) is 24.7 Å². The molecule has 4 N–H and O–H groups in total. The third-order valence-electron chi connectivity index (χ3n) is 5.25. The number of nitrogens with zero attached hydrogens (tertiary/aromatic N) is 1. The van der Waals surface area contributed by atoms with Gasteiger partial charge in [0.2, 0.25) is 5.91 Å². The van der Waals surface area contributed by atoms with Crippen LogP contribution in [0.25, 0.3) is 10.8 Å². The van der Waals surface area contributed by atoms with Crippen LogP contribution in [0.3, 0.4) is 0 Å². The quantitative estimate of drug-likeness (QED) is 0.412. The fourth-order valence-electron chi connectivity index (χ4n) is 3.43. The third kappa shape index (κ3) is 5.29. The maximum atomic E-state index is 12.4. The number of nitrogens with two attached hydrogens (primary N) is 1. The van der Waals surface area contributed by atoms with Gasteiger partial charge >= 0.3 is 0 Å². The van der Waals surface area contributed by atoms with Gasteiger partial charge in [0.05, 0.1) is 5.69 Å². The Balaban J connectivity index is 1.26. The number of amides is 2. The molecule has 3 aromatic carbocycles. The second kappa shape index (κ2) is 9.75. The number of benzene rings is 3. The SMILES string of the molecule is Nc1ncccc1NC(=O)c1ccc(CNC(=O)CCc2ccc3ccccc3c2)cc1. The van der Waals surface area contributed by atoms with Crippen molar-refractivity contribution in [1.82, 2.24) is 10.3 Å². The van der Waals surface area contributed by atoms with Gasteiger partial charge in [-0.2, -0.15) is 0 Å². The summed E-state index contributed by atoms with van der Waals surface area (Å²) in [5.74, 6) is -0.00780. The second-order valence-corrected chi connectivity index (χ2v) is 7.55. The zero-order valence-electron chi connectivity index (χ0n) is 17.5. The summed E-state index contributed by atoms with van der Waals surface area (Å²) in [5.41, 5.74) is 8.79. The molecule has 0 aliphatic rings. The summed E-state index contributed by atoms with van der Waals surface area (Å²) in [4.78, 5) is 28.6. The molecule has 0 saturated heterocycles. The van der Waals surface area contributed by atoms with E-state index in [2.05, 4.69) is 45.9 Å². The number of hydrogen-bond acceptors (Lipinski definition) is 4. The van der Waals surface area contributed by atoms with E-state index < -0.39 is 0 Å². The van der Waals surface area contributed by atoms with Crippen LogP contribution in [0.15, 0.2) is 85.1 Å². The second-order valence-electron chi connectivity index (χ2n) is 7.55. The maximum absolute atomic E-state index is 12.4.